The zero-order chi connectivity index (χ0) is 27.6. The largest absolute Gasteiger partial charge is 0.487 e. The Morgan fingerprint density at radius 1 is 1.03 bits per heavy atom. The van der Waals surface area contributed by atoms with Crippen LogP contribution in [0.3, 0.4) is 0 Å². The predicted octanol–water partition coefficient (Wildman–Crippen LogP) is 6.03. The van der Waals surface area contributed by atoms with Crippen LogP contribution in [0.1, 0.15) is 28.7 Å². The van der Waals surface area contributed by atoms with Crippen molar-refractivity contribution in [3.8, 4) is 29.4 Å². The Bertz CT molecular complexity index is 1600. The Morgan fingerprint density at radius 2 is 1.74 bits per heavy atom. The molecule has 0 aliphatic carbocycles. The van der Waals surface area contributed by atoms with Crippen molar-refractivity contribution in [1.82, 2.24) is 4.90 Å². The lowest BCUT2D eigenvalue weighted by Gasteiger charge is -2.18. The Labute approximate surface area is 232 Å². The molecule has 1 aliphatic rings. The molecule has 1 fully saturated rings. The molecule has 1 atom stereocenters. The van der Waals surface area contributed by atoms with Gasteiger partial charge in [0, 0.05) is 19.2 Å². The summed E-state index contributed by atoms with van der Waals surface area (Å²) < 4.78 is 41.5. The predicted molar refractivity (Wildman–Crippen MR) is 146 cm³/mol. The van der Waals surface area contributed by atoms with Gasteiger partial charge in [0.2, 0.25) is 0 Å². The number of hydrogen-bond donors (Lipinski definition) is 1. The summed E-state index contributed by atoms with van der Waals surface area (Å²) in [7, 11) is -2.14. The fourth-order valence-corrected chi connectivity index (χ4v) is 5.85. The van der Waals surface area contributed by atoms with Crippen molar-refractivity contribution in [2.24, 2.45) is 0 Å². The number of ether oxygens (including phenoxy) is 2. The van der Waals surface area contributed by atoms with Crippen LogP contribution in [0.15, 0.2) is 47.4 Å². The average Bonchev–Trinajstić information content (AvgIpc) is 3.29. The van der Waals surface area contributed by atoms with Gasteiger partial charge in [0.05, 0.1) is 21.3 Å². The Kier molecular flexibility index (Phi) is 8.05. The second kappa shape index (κ2) is 11.1. The summed E-state index contributed by atoms with van der Waals surface area (Å²) in [5.74, 6) is 0.452. The van der Waals surface area contributed by atoms with E-state index in [0.29, 0.717) is 21.9 Å². The van der Waals surface area contributed by atoms with E-state index in [2.05, 4.69) is 9.62 Å². The van der Waals surface area contributed by atoms with Gasteiger partial charge >= 0.3 is 0 Å². The molecule has 1 aliphatic heterocycles. The van der Waals surface area contributed by atoms with E-state index in [1.807, 2.05) is 19.2 Å². The zero-order valence-electron chi connectivity index (χ0n) is 20.9. The molecule has 3 aromatic rings. The lowest BCUT2D eigenvalue weighted by atomic mass is 9.99. The summed E-state index contributed by atoms with van der Waals surface area (Å²) in [5.41, 5.74) is 1.41. The van der Waals surface area contributed by atoms with Crippen molar-refractivity contribution in [2.75, 3.05) is 24.9 Å². The summed E-state index contributed by atoms with van der Waals surface area (Å²) in [4.78, 5) is 1.99. The maximum Gasteiger partial charge on any atom is 0.265 e. The standard InChI is InChI=1S/C27H24Cl2N4O4S/c1-16-17(2)27(21(14-31)26(29)20(16)13-30)37-23-6-4-5-7-25(23)38(34,35)32-18-8-9-22(28)24(12-18)36-19-10-11-33(3)15-19/h4-9,12,19,32H,10-11,15H2,1-3H3. The number of hydrogen-bond acceptors (Lipinski definition) is 7. The van der Waals surface area contributed by atoms with Crippen LogP contribution in [0, 0.1) is 36.5 Å². The van der Waals surface area contributed by atoms with Gasteiger partial charge < -0.3 is 14.4 Å². The third kappa shape index (κ3) is 5.52. The number of benzene rings is 3. The number of anilines is 1. The lowest BCUT2D eigenvalue weighted by molar-refractivity contribution is 0.208. The van der Waals surface area contributed by atoms with Gasteiger partial charge in [0.25, 0.3) is 10.0 Å². The maximum absolute atomic E-state index is 13.5. The average molecular weight is 571 g/mol. The van der Waals surface area contributed by atoms with Crippen LogP contribution in [-0.4, -0.2) is 39.6 Å². The Balaban J connectivity index is 1.67. The van der Waals surface area contributed by atoms with E-state index in [9.17, 15) is 18.9 Å². The Morgan fingerprint density at radius 3 is 2.39 bits per heavy atom. The number of nitriles is 2. The van der Waals surface area contributed by atoms with E-state index in [0.717, 1.165) is 19.5 Å². The number of halogens is 2. The number of sulfonamides is 1. The smallest absolute Gasteiger partial charge is 0.265 e. The minimum atomic E-state index is -4.15. The van der Waals surface area contributed by atoms with Crippen LogP contribution in [0.5, 0.6) is 17.2 Å². The monoisotopic (exact) mass is 570 g/mol. The first-order valence-electron chi connectivity index (χ1n) is 11.6. The zero-order valence-corrected chi connectivity index (χ0v) is 23.2. The van der Waals surface area contributed by atoms with Crippen LogP contribution in [0.4, 0.5) is 5.69 Å². The van der Waals surface area contributed by atoms with E-state index in [1.54, 1.807) is 44.2 Å². The van der Waals surface area contributed by atoms with Gasteiger partial charge in [-0.2, -0.15) is 10.5 Å². The summed E-state index contributed by atoms with van der Waals surface area (Å²) in [6, 6.07) is 14.7. The molecule has 0 spiro atoms. The first-order valence-corrected chi connectivity index (χ1v) is 13.9. The second-order valence-electron chi connectivity index (χ2n) is 8.96. The molecular formula is C27H24Cl2N4O4S. The van der Waals surface area contributed by atoms with E-state index in [-0.39, 0.29) is 44.3 Å². The number of likely N-dealkylation sites (tertiary alicyclic amines) is 1. The quantitative estimate of drug-likeness (QED) is 0.368. The fraction of sp³-hybridized carbons (Fsp3) is 0.259. The molecule has 1 heterocycles. The molecule has 0 amide bonds. The van der Waals surface area contributed by atoms with Gasteiger partial charge in [-0.05, 0) is 62.7 Å². The van der Waals surface area contributed by atoms with E-state index < -0.39 is 10.0 Å². The third-order valence-corrected chi connectivity index (χ3v) is 8.45. The highest BCUT2D eigenvalue weighted by molar-refractivity contribution is 7.92. The minimum absolute atomic E-state index is 0.0146. The van der Waals surface area contributed by atoms with Crippen LogP contribution in [0.25, 0.3) is 0 Å². The van der Waals surface area contributed by atoms with Gasteiger partial charge in [-0.1, -0.05) is 35.3 Å². The van der Waals surface area contributed by atoms with Gasteiger partial charge in [-0.3, -0.25) is 4.72 Å². The summed E-state index contributed by atoms with van der Waals surface area (Å²) in [6.45, 7) is 5.01. The van der Waals surface area contributed by atoms with Gasteiger partial charge in [0.15, 0.2) is 0 Å². The molecule has 0 radical (unpaired) electrons. The highest BCUT2D eigenvalue weighted by Gasteiger charge is 2.26. The van der Waals surface area contributed by atoms with Gasteiger partial charge in [0.1, 0.15) is 45.9 Å². The summed E-state index contributed by atoms with van der Waals surface area (Å²) in [6.07, 6.45) is 0.801. The van der Waals surface area contributed by atoms with Crippen LogP contribution in [0.2, 0.25) is 10.0 Å². The van der Waals surface area contributed by atoms with E-state index in [1.165, 1.54) is 12.1 Å². The fourth-order valence-electron chi connectivity index (χ4n) is 4.20. The first-order chi connectivity index (χ1) is 18.1. The molecule has 0 bridgehead atoms. The van der Waals surface area contributed by atoms with Crippen molar-refractivity contribution in [3.63, 3.8) is 0 Å². The molecule has 38 heavy (non-hydrogen) atoms. The summed E-state index contributed by atoms with van der Waals surface area (Å²) >= 11 is 12.6. The van der Waals surface area contributed by atoms with Crippen molar-refractivity contribution >= 4 is 38.9 Å². The first kappa shape index (κ1) is 27.6. The normalized spacial score (nSPS) is 15.5. The molecule has 3 aromatic carbocycles. The molecule has 4 rings (SSSR count). The molecule has 1 saturated heterocycles. The van der Waals surface area contributed by atoms with Crippen molar-refractivity contribution < 1.29 is 17.9 Å². The molecule has 0 aromatic heterocycles. The number of para-hydroxylation sites is 1. The van der Waals surface area contributed by atoms with Crippen LogP contribution >= 0.6 is 23.2 Å². The Hall–Kier alpha value is -3.47. The van der Waals surface area contributed by atoms with Crippen LogP contribution in [-0.2, 0) is 10.0 Å². The number of nitrogens with zero attached hydrogens (tertiary/aromatic N) is 3. The topological polar surface area (TPSA) is 115 Å². The maximum atomic E-state index is 13.5. The van der Waals surface area contributed by atoms with Crippen molar-refractivity contribution in [2.45, 2.75) is 31.3 Å². The van der Waals surface area contributed by atoms with Gasteiger partial charge in [-0.15, -0.1) is 0 Å². The van der Waals surface area contributed by atoms with Crippen molar-refractivity contribution in [1.29, 1.82) is 10.5 Å². The second-order valence-corrected chi connectivity index (χ2v) is 11.4. The molecule has 196 valence electrons. The molecule has 1 N–H and O–H groups in total. The van der Waals surface area contributed by atoms with E-state index in [4.69, 9.17) is 32.7 Å². The highest BCUT2D eigenvalue weighted by Crippen LogP contribution is 2.40. The lowest BCUT2D eigenvalue weighted by Crippen LogP contribution is -2.21. The molecular weight excluding hydrogens is 547 g/mol. The van der Waals surface area contributed by atoms with E-state index >= 15 is 0 Å². The molecule has 0 saturated carbocycles. The van der Waals surface area contributed by atoms with Crippen molar-refractivity contribution in [3.05, 3.63) is 74.8 Å². The SMILES string of the molecule is Cc1c(C)c(Oc2ccccc2S(=O)(=O)Nc2ccc(Cl)c(OC3CCN(C)C3)c2)c(C#N)c(Cl)c1C#N. The molecule has 8 nitrogen and oxygen atoms in total. The third-order valence-electron chi connectivity index (χ3n) is 6.34. The molecule has 11 heteroatoms. The minimum Gasteiger partial charge on any atom is -0.487 e. The summed E-state index contributed by atoms with van der Waals surface area (Å²) in [5, 5.41) is 19.5. The van der Waals surface area contributed by atoms with Crippen LogP contribution < -0.4 is 14.2 Å². The number of rotatable bonds is 7. The number of nitrogens with one attached hydrogen (secondary N) is 1. The highest BCUT2D eigenvalue weighted by atomic mass is 35.5. The van der Waals surface area contributed by atoms with Gasteiger partial charge in [-0.25, -0.2) is 8.42 Å². The number of likely N-dealkylation sites (N-methyl/N-ethyl adjacent to an activating group) is 1. The molecule has 1 unspecified atom stereocenters.